The summed E-state index contributed by atoms with van der Waals surface area (Å²) in [6.45, 7) is -1.97. The molecule has 2 N–H and O–H groups in total. The second-order valence-electron chi connectivity index (χ2n) is 8.25. The molecule has 7 nitrogen and oxygen atoms in total. The van der Waals surface area contributed by atoms with Crippen molar-refractivity contribution >= 4 is 11.9 Å². The quantitative estimate of drug-likeness (QED) is 0.686. The zero-order valence-electron chi connectivity index (χ0n) is 17.8. The third kappa shape index (κ3) is 4.35. The van der Waals surface area contributed by atoms with Crippen molar-refractivity contribution in [3.8, 4) is 5.75 Å². The Labute approximate surface area is 192 Å². The minimum Gasteiger partial charge on any atom is -0.503 e. The second kappa shape index (κ2) is 8.85. The van der Waals surface area contributed by atoms with Crippen LogP contribution in [0.5, 0.6) is 5.75 Å². The molecule has 1 unspecified atom stereocenters. The first kappa shape index (κ1) is 23.3. The fourth-order valence-electron chi connectivity index (χ4n) is 4.63. The number of hydrogen-bond acceptors (Lipinski definition) is 4. The van der Waals surface area contributed by atoms with Gasteiger partial charge in [-0.3, -0.25) is 9.59 Å². The predicted octanol–water partition coefficient (Wildman–Crippen LogP) is 3.87. The van der Waals surface area contributed by atoms with Gasteiger partial charge in [0.2, 0.25) is 5.43 Å². The Morgan fingerprint density at radius 1 is 1.18 bits per heavy atom. The Bertz CT molecular complexity index is 1250. The van der Waals surface area contributed by atoms with Gasteiger partial charge < -0.3 is 19.7 Å². The number of carboxylic acids is 1. The number of aromatic hydroxyl groups is 1. The van der Waals surface area contributed by atoms with Crippen LogP contribution in [-0.2, 0) is 0 Å². The van der Waals surface area contributed by atoms with E-state index in [1.54, 1.807) is 30.3 Å². The van der Waals surface area contributed by atoms with E-state index in [1.165, 1.54) is 0 Å². The molecular weight excluding hydrogens is 453 g/mol. The van der Waals surface area contributed by atoms with Crippen LogP contribution in [0.25, 0.3) is 0 Å². The van der Waals surface area contributed by atoms with E-state index in [9.17, 15) is 37.8 Å². The summed E-state index contributed by atoms with van der Waals surface area (Å²) in [6, 6.07) is 8.03. The van der Waals surface area contributed by atoms with E-state index in [0.29, 0.717) is 17.7 Å². The van der Waals surface area contributed by atoms with Gasteiger partial charge in [-0.1, -0.05) is 54.1 Å². The van der Waals surface area contributed by atoms with Gasteiger partial charge in [0.15, 0.2) is 11.4 Å². The Morgan fingerprint density at radius 3 is 2.47 bits per heavy atom. The second-order valence-corrected chi connectivity index (χ2v) is 8.25. The number of carbonyl (C=O) groups is 2. The highest BCUT2D eigenvalue weighted by atomic mass is 19.4. The molecule has 0 fully saturated rings. The van der Waals surface area contributed by atoms with Gasteiger partial charge in [0, 0.05) is 18.7 Å². The van der Waals surface area contributed by atoms with Crippen molar-refractivity contribution in [1.29, 1.82) is 0 Å². The van der Waals surface area contributed by atoms with Crippen LogP contribution in [0.3, 0.4) is 0 Å². The number of rotatable bonds is 5. The summed E-state index contributed by atoms with van der Waals surface area (Å²) in [5.74, 6) is -4.52. The summed E-state index contributed by atoms with van der Waals surface area (Å²) in [6.07, 6.45) is 3.18. The Morgan fingerprint density at radius 2 is 1.88 bits per heavy atom. The Hall–Kier alpha value is -3.82. The minimum absolute atomic E-state index is 0.396. The number of benzene rings is 1. The number of halogens is 3. The van der Waals surface area contributed by atoms with E-state index >= 15 is 0 Å². The average molecular weight is 474 g/mol. The number of hydrogen-bond donors (Lipinski definition) is 2. The molecule has 1 aromatic carbocycles. The highest BCUT2D eigenvalue weighted by Gasteiger charge is 2.43. The van der Waals surface area contributed by atoms with Gasteiger partial charge in [-0.25, -0.2) is 4.79 Å². The number of fused-ring (bicyclic) bond motifs is 1. The third-order valence-corrected chi connectivity index (χ3v) is 6.05. The first-order valence-corrected chi connectivity index (χ1v) is 10.6. The number of carboxylic acid groups (broad SMARTS) is 1. The summed E-state index contributed by atoms with van der Waals surface area (Å²) in [5.41, 5.74) is -1.12. The molecule has 0 spiro atoms. The van der Waals surface area contributed by atoms with E-state index in [-0.39, 0.29) is 0 Å². The fourth-order valence-corrected chi connectivity index (χ4v) is 4.63. The van der Waals surface area contributed by atoms with Gasteiger partial charge in [-0.05, 0) is 18.4 Å². The lowest BCUT2D eigenvalue weighted by atomic mass is 9.80. The fraction of sp³-hybridized carbons (Fsp3) is 0.292. The monoisotopic (exact) mass is 474 g/mol. The molecule has 2 atom stereocenters. The minimum atomic E-state index is -4.71. The maximum absolute atomic E-state index is 13.3. The molecule has 1 aromatic heterocycles. The van der Waals surface area contributed by atoms with Crippen molar-refractivity contribution in [3.63, 3.8) is 0 Å². The van der Waals surface area contributed by atoms with Gasteiger partial charge >= 0.3 is 12.1 Å². The number of amides is 1. The molecule has 2 aromatic rings. The van der Waals surface area contributed by atoms with Gasteiger partial charge in [0.25, 0.3) is 5.91 Å². The number of aromatic nitrogens is 1. The maximum Gasteiger partial charge on any atom is 0.406 e. The Kier molecular flexibility index (Phi) is 6.07. The average Bonchev–Trinajstić information content (AvgIpc) is 2.79. The molecule has 178 valence electrons. The number of alkyl halides is 3. The molecule has 0 bridgehead atoms. The first-order valence-electron chi connectivity index (χ1n) is 10.6. The number of pyridine rings is 1. The van der Waals surface area contributed by atoms with Crippen LogP contribution in [-0.4, -0.2) is 50.8 Å². The zero-order chi connectivity index (χ0) is 24.6. The molecule has 0 saturated carbocycles. The number of carbonyl (C=O) groups excluding carboxylic acids is 1. The van der Waals surface area contributed by atoms with Crippen LogP contribution < -0.4 is 5.43 Å². The number of aromatic carboxylic acids is 1. The lowest BCUT2D eigenvalue weighted by Gasteiger charge is -2.41. The molecule has 2 aliphatic rings. The van der Waals surface area contributed by atoms with Gasteiger partial charge in [0.1, 0.15) is 12.1 Å². The standard InChI is InChI=1S/C24H21F3N2O5/c25-24(26,27)13-28-12-17(18(14-7-3-1-4-8-14)15-9-5-2-6-10-15)29-11-16(23(33)34)20(30)21(31)19(29)22(28)32/h1-5,7-9,11,17-18,31H,6,10,12-13H2,(H,33,34)/t17-,18?/m1/s1. The highest BCUT2D eigenvalue weighted by Crippen LogP contribution is 2.42. The summed E-state index contributed by atoms with van der Waals surface area (Å²) < 4.78 is 41.1. The molecular formula is C24H21F3N2O5. The number of allylic oxidation sites excluding steroid dienone is 4. The normalized spacial score (nSPS) is 18.9. The van der Waals surface area contributed by atoms with E-state index in [4.69, 9.17) is 0 Å². The number of nitrogens with zero attached hydrogens (tertiary/aromatic N) is 2. The van der Waals surface area contributed by atoms with Crippen molar-refractivity contribution in [1.82, 2.24) is 9.47 Å². The lowest BCUT2D eigenvalue weighted by Crippen LogP contribution is -2.49. The summed E-state index contributed by atoms with van der Waals surface area (Å²) in [5, 5.41) is 20.0. The summed E-state index contributed by atoms with van der Waals surface area (Å²) >= 11 is 0. The molecule has 34 heavy (non-hydrogen) atoms. The van der Waals surface area contributed by atoms with Crippen LogP contribution in [0.2, 0.25) is 0 Å². The van der Waals surface area contributed by atoms with E-state index < -0.39 is 65.5 Å². The first-order chi connectivity index (χ1) is 16.1. The van der Waals surface area contributed by atoms with Crippen molar-refractivity contribution in [2.75, 3.05) is 13.1 Å². The van der Waals surface area contributed by atoms with Crippen LogP contribution in [0.15, 0.2) is 65.1 Å². The lowest BCUT2D eigenvalue weighted by molar-refractivity contribution is -0.142. The van der Waals surface area contributed by atoms with E-state index in [1.807, 2.05) is 18.2 Å². The molecule has 10 heteroatoms. The predicted molar refractivity (Wildman–Crippen MR) is 116 cm³/mol. The van der Waals surface area contributed by atoms with Crippen molar-refractivity contribution < 1.29 is 33.0 Å². The molecule has 0 radical (unpaired) electrons. The molecule has 1 aliphatic carbocycles. The topological polar surface area (TPSA) is 99.8 Å². The third-order valence-electron chi connectivity index (χ3n) is 6.05. The molecule has 0 saturated heterocycles. The molecule has 1 aliphatic heterocycles. The largest absolute Gasteiger partial charge is 0.503 e. The zero-order valence-corrected chi connectivity index (χ0v) is 17.8. The Balaban J connectivity index is 1.97. The van der Waals surface area contributed by atoms with Crippen molar-refractivity contribution in [2.45, 2.75) is 31.0 Å². The van der Waals surface area contributed by atoms with Gasteiger partial charge in [0.05, 0.1) is 6.04 Å². The van der Waals surface area contributed by atoms with Crippen LogP contribution in [0.1, 0.15) is 51.2 Å². The van der Waals surface area contributed by atoms with E-state index in [0.717, 1.165) is 21.9 Å². The van der Waals surface area contributed by atoms with Gasteiger partial charge in [-0.2, -0.15) is 13.2 Å². The highest BCUT2D eigenvalue weighted by molar-refractivity contribution is 5.97. The van der Waals surface area contributed by atoms with Crippen LogP contribution in [0, 0.1) is 0 Å². The van der Waals surface area contributed by atoms with Crippen LogP contribution >= 0.6 is 0 Å². The molecule has 4 rings (SSSR count). The smallest absolute Gasteiger partial charge is 0.406 e. The van der Waals surface area contributed by atoms with Gasteiger partial charge in [-0.15, -0.1) is 0 Å². The summed E-state index contributed by atoms with van der Waals surface area (Å²) in [4.78, 5) is 37.6. The SMILES string of the molecule is O=C(O)c1cn2c(c(O)c1=O)C(=O)N(CC(F)(F)F)C[C@@H]2C(C1=CC=CCC1)c1ccccc1. The van der Waals surface area contributed by atoms with E-state index in [2.05, 4.69) is 0 Å². The molecule has 1 amide bonds. The van der Waals surface area contributed by atoms with Crippen LogP contribution in [0.4, 0.5) is 13.2 Å². The molecule has 2 heterocycles. The summed E-state index contributed by atoms with van der Waals surface area (Å²) in [7, 11) is 0. The maximum atomic E-state index is 13.3. The van der Waals surface area contributed by atoms with Crippen molar-refractivity contribution in [2.24, 2.45) is 0 Å². The van der Waals surface area contributed by atoms with Crippen molar-refractivity contribution in [3.05, 3.63) is 87.4 Å².